The van der Waals surface area contributed by atoms with Crippen molar-refractivity contribution in [2.75, 3.05) is 6.61 Å². The number of phenolic OH excluding ortho intramolecular Hbond substituents is 1. The van der Waals surface area contributed by atoms with Crippen LogP contribution in [0.1, 0.15) is 18.4 Å². The van der Waals surface area contributed by atoms with Crippen LogP contribution in [0.2, 0.25) is 0 Å². The zero-order valence-electron chi connectivity index (χ0n) is 13.0. The van der Waals surface area contributed by atoms with Crippen LogP contribution in [-0.2, 0) is 16.1 Å². The largest absolute Gasteiger partial charge is 0.508 e. The third-order valence-electron chi connectivity index (χ3n) is 3.30. The van der Waals surface area contributed by atoms with E-state index >= 15 is 0 Å². The average molecular weight is 334 g/mol. The highest BCUT2D eigenvalue weighted by atomic mass is 19.1. The molecule has 0 aromatic heterocycles. The van der Waals surface area contributed by atoms with Gasteiger partial charge in [-0.1, -0.05) is 12.1 Å². The number of carbonyl (C=O) groups is 1. The Labute approximate surface area is 139 Å². The van der Waals surface area contributed by atoms with Crippen molar-refractivity contribution in [2.45, 2.75) is 25.6 Å². The van der Waals surface area contributed by atoms with Gasteiger partial charge in [0.2, 0.25) is 0 Å². The topological polar surface area (TPSA) is 76.0 Å². The van der Waals surface area contributed by atoms with E-state index in [0.717, 1.165) is 5.56 Å². The fourth-order valence-corrected chi connectivity index (χ4v) is 2.11. The van der Waals surface area contributed by atoms with Crippen molar-refractivity contribution in [3.63, 3.8) is 0 Å². The average Bonchev–Trinajstić information content (AvgIpc) is 2.55. The standard InChI is InChI=1S/C18H19FO5/c19-14-4-1-3-13(11-14)12-23-10-2-5-17(18(21)22)24-16-8-6-15(20)7-9-16/h1,3-4,6-9,11,17,20H,2,5,10,12H2,(H,21,22). The molecule has 0 amide bonds. The summed E-state index contributed by atoms with van der Waals surface area (Å²) in [5, 5.41) is 18.4. The molecule has 5 nitrogen and oxygen atoms in total. The van der Waals surface area contributed by atoms with Gasteiger partial charge in [0.15, 0.2) is 6.10 Å². The summed E-state index contributed by atoms with van der Waals surface area (Å²) in [6.07, 6.45) is -0.226. The van der Waals surface area contributed by atoms with E-state index in [9.17, 15) is 19.4 Å². The minimum Gasteiger partial charge on any atom is -0.508 e. The van der Waals surface area contributed by atoms with Crippen molar-refractivity contribution in [3.05, 3.63) is 59.9 Å². The monoisotopic (exact) mass is 334 g/mol. The van der Waals surface area contributed by atoms with Gasteiger partial charge < -0.3 is 19.7 Å². The molecule has 0 aliphatic rings. The summed E-state index contributed by atoms with van der Waals surface area (Å²) in [4.78, 5) is 11.2. The van der Waals surface area contributed by atoms with Gasteiger partial charge in [-0.25, -0.2) is 9.18 Å². The summed E-state index contributed by atoms with van der Waals surface area (Å²) < 4.78 is 23.8. The smallest absolute Gasteiger partial charge is 0.344 e. The summed E-state index contributed by atoms with van der Waals surface area (Å²) in [6, 6.07) is 12.0. The van der Waals surface area contributed by atoms with Crippen LogP contribution >= 0.6 is 0 Å². The molecule has 0 fully saturated rings. The Morgan fingerprint density at radius 2 is 1.92 bits per heavy atom. The van der Waals surface area contributed by atoms with Crippen molar-refractivity contribution in [1.29, 1.82) is 0 Å². The number of benzene rings is 2. The van der Waals surface area contributed by atoms with Gasteiger partial charge in [-0.2, -0.15) is 0 Å². The Kier molecular flexibility index (Phi) is 6.57. The summed E-state index contributed by atoms with van der Waals surface area (Å²) in [6.45, 7) is 0.619. The first-order chi connectivity index (χ1) is 11.5. The molecule has 0 bridgehead atoms. The van der Waals surface area contributed by atoms with E-state index in [4.69, 9.17) is 9.47 Å². The predicted molar refractivity (Wildman–Crippen MR) is 85.4 cm³/mol. The minimum atomic E-state index is -1.06. The molecule has 0 aliphatic carbocycles. The van der Waals surface area contributed by atoms with Crippen molar-refractivity contribution >= 4 is 5.97 Å². The van der Waals surface area contributed by atoms with E-state index in [2.05, 4.69) is 0 Å². The maximum Gasteiger partial charge on any atom is 0.344 e. The lowest BCUT2D eigenvalue weighted by Crippen LogP contribution is -2.27. The number of aliphatic carboxylic acids is 1. The van der Waals surface area contributed by atoms with E-state index < -0.39 is 12.1 Å². The molecule has 24 heavy (non-hydrogen) atoms. The Morgan fingerprint density at radius 3 is 2.58 bits per heavy atom. The molecule has 1 atom stereocenters. The van der Waals surface area contributed by atoms with E-state index in [0.29, 0.717) is 18.8 Å². The van der Waals surface area contributed by atoms with Gasteiger partial charge in [-0.3, -0.25) is 0 Å². The summed E-state index contributed by atoms with van der Waals surface area (Å²) in [5.74, 6) is -0.918. The van der Waals surface area contributed by atoms with Gasteiger partial charge >= 0.3 is 5.97 Å². The minimum absolute atomic E-state index is 0.0833. The van der Waals surface area contributed by atoms with E-state index in [1.165, 1.54) is 36.4 Å². The lowest BCUT2D eigenvalue weighted by molar-refractivity contribution is -0.145. The number of halogens is 1. The van der Waals surface area contributed by atoms with Gasteiger partial charge in [0.05, 0.1) is 6.61 Å². The molecule has 128 valence electrons. The number of carboxylic acids is 1. The molecule has 2 N–H and O–H groups in total. The van der Waals surface area contributed by atoms with E-state index in [1.54, 1.807) is 12.1 Å². The molecule has 0 saturated carbocycles. The molecule has 0 aliphatic heterocycles. The van der Waals surface area contributed by atoms with Gasteiger partial charge in [0, 0.05) is 6.61 Å². The number of phenols is 1. The van der Waals surface area contributed by atoms with Crippen molar-refractivity contribution in [1.82, 2.24) is 0 Å². The Morgan fingerprint density at radius 1 is 1.17 bits per heavy atom. The van der Waals surface area contributed by atoms with Crippen molar-refractivity contribution in [2.24, 2.45) is 0 Å². The molecule has 6 heteroatoms. The number of carboxylic acid groups (broad SMARTS) is 1. The zero-order valence-corrected chi connectivity index (χ0v) is 13.0. The Balaban J connectivity index is 1.73. The van der Waals surface area contributed by atoms with Crippen LogP contribution in [0.25, 0.3) is 0 Å². The number of hydrogen-bond acceptors (Lipinski definition) is 4. The predicted octanol–water partition coefficient (Wildman–Crippen LogP) is 3.36. The molecule has 2 rings (SSSR count). The first kappa shape index (κ1) is 17.7. The van der Waals surface area contributed by atoms with E-state index in [1.807, 2.05) is 0 Å². The normalized spacial score (nSPS) is 11.9. The molecule has 0 radical (unpaired) electrons. The Bertz CT molecular complexity index is 657. The highest BCUT2D eigenvalue weighted by Gasteiger charge is 2.19. The molecular formula is C18H19FO5. The second-order valence-corrected chi connectivity index (χ2v) is 5.26. The number of ether oxygens (including phenoxy) is 2. The number of aromatic hydroxyl groups is 1. The van der Waals surface area contributed by atoms with Gasteiger partial charge in [0.1, 0.15) is 17.3 Å². The van der Waals surface area contributed by atoms with Crippen LogP contribution in [-0.4, -0.2) is 28.9 Å². The first-order valence-electron chi connectivity index (χ1n) is 7.55. The summed E-state index contributed by atoms with van der Waals surface area (Å²) >= 11 is 0. The fourth-order valence-electron chi connectivity index (χ4n) is 2.11. The number of rotatable bonds is 9. The zero-order chi connectivity index (χ0) is 17.4. The van der Waals surface area contributed by atoms with Crippen LogP contribution in [0.3, 0.4) is 0 Å². The quantitative estimate of drug-likeness (QED) is 0.688. The van der Waals surface area contributed by atoms with Crippen molar-refractivity contribution in [3.8, 4) is 11.5 Å². The molecule has 1 unspecified atom stereocenters. The van der Waals surface area contributed by atoms with Gasteiger partial charge in [-0.05, 0) is 54.8 Å². The Hall–Kier alpha value is -2.60. The third-order valence-corrected chi connectivity index (χ3v) is 3.30. The molecule has 0 heterocycles. The number of hydrogen-bond donors (Lipinski definition) is 2. The van der Waals surface area contributed by atoms with E-state index in [-0.39, 0.29) is 24.6 Å². The van der Waals surface area contributed by atoms with Crippen LogP contribution in [0.4, 0.5) is 4.39 Å². The van der Waals surface area contributed by atoms with Gasteiger partial charge in [0.25, 0.3) is 0 Å². The molecule has 0 spiro atoms. The second-order valence-electron chi connectivity index (χ2n) is 5.26. The molecule has 2 aromatic carbocycles. The highest BCUT2D eigenvalue weighted by molar-refractivity contribution is 5.72. The van der Waals surface area contributed by atoms with Crippen LogP contribution < -0.4 is 4.74 Å². The van der Waals surface area contributed by atoms with Gasteiger partial charge in [-0.15, -0.1) is 0 Å². The molecule has 2 aromatic rings. The van der Waals surface area contributed by atoms with Crippen LogP contribution in [0.5, 0.6) is 11.5 Å². The maximum atomic E-state index is 13.0. The molecule has 0 saturated heterocycles. The van der Waals surface area contributed by atoms with Crippen molar-refractivity contribution < 1.29 is 28.9 Å². The lowest BCUT2D eigenvalue weighted by atomic mass is 10.2. The third kappa shape index (κ3) is 5.89. The second kappa shape index (κ2) is 8.88. The summed E-state index contributed by atoms with van der Waals surface area (Å²) in [7, 11) is 0. The van der Waals surface area contributed by atoms with Crippen LogP contribution in [0, 0.1) is 5.82 Å². The first-order valence-corrected chi connectivity index (χ1v) is 7.55. The highest BCUT2D eigenvalue weighted by Crippen LogP contribution is 2.18. The lowest BCUT2D eigenvalue weighted by Gasteiger charge is -2.15. The fraction of sp³-hybridized carbons (Fsp3) is 0.278. The summed E-state index contributed by atoms with van der Waals surface area (Å²) in [5.41, 5.74) is 0.727. The SMILES string of the molecule is O=C(O)C(CCCOCc1cccc(F)c1)Oc1ccc(O)cc1. The maximum absolute atomic E-state index is 13.0. The van der Waals surface area contributed by atoms with Crippen LogP contribution in [0.15, 0.2) is 48.5 Å². The molecular weight excluding hydrogens is 315 g/mol.